The first-order valence-electron chi connectivity index (χ1n) is 8.72. The smallest absolute Gasteiger partial charge is 0.174 e. The van der Waals surface area contributed by atoms with Crippen molar-refractivity contribution in [2.45, 2.75) is 32.6 Å². The number of benzene rings is 1. The summed E-state index contributed by atoms with van der Waals surface area (Å²) < 4.78 is 1.00. The summed E-state index contributed by atoms with van der Waals surface area (Å²) in [6.45, 7) is 2.01. The summed E-state index contributed by atoms with van der Waals surface area (Å²) in [6, 6.07) is 7.96. The summed E-state index contributed by atoms with van der Waals surface area (Å²) in [5, 5.41) is 16.9. The highest BCUT2D eigenvalue weighted by Gasteiger charge is 2.21. The van der Waals surface area contributed by atoms with E-state index in [-0.39, 0.29) is 5.78 Å². The molecule has 1 aliphatic carbocycles. The molecule has 132 valence electrons. The van der Waals surface area contributed by atoms with Crippen molar-refractivity contribution >= 4 is 44.3 Å². The molecule has 26 heavy (non-hydrogen) atoms. The number of Topliss-reactive ketones (excluding diaryl/α,β-unsaturated/α-hetero) is 1. The molecule has 0 aliphatic heterocycles. The highest BCUT2D eigenvalue weighted by Crippen LogP contribution is 2.38. The Morgan fingerprint density at radius 2 is 2.23 bits per heavy atom. The Bertz CT molecular complexity index is 1020. The van der Waals surface area contributed by atoms with Crippen molar-refractivity contribution in [1.29, 1.82) is 0 Å². The number of hydrogen-bond donors (Lipinski definition) is 2. The number of hydrogen-bond acceptors (Lipinski definition) is 6. The van der Waals surface area contributed by atoms with Gasteiger partial charge in [0.25, 0.3) is 0 Å². The van der Waals surface area contributed by atoms with E-state index in [2.05, 4.69) is 21.5 Å². The average Bonchev–Trinajstić information content (AvgIpc) is 3.23. The molecule has 0 fully saturated rings. The van der Waals surface area contributed by atoms with Crippen LogP contribution < -0.4 is 5.32 Å². The van der Waals surface area contributed by atoms with Crippen LogP contribution in [0.25, 0.3) is 10.1 Å². The van der Waals surface area contributed by atoms with Crippen molar-refractivity contribution in [1.82, 2.24) is 4.98 Å². The van der Waals surface area contributed by atoms with Gasteiger partial charge in [-0.05, 0) is 43.0 Å². The maximum Gasteiger partial charge on any atom is 0.174 e. The SMILES string of the molecule is CCCC(=O)c1sc2cnccc2c1Nc1ccc2c(c1)CC/C2=N\O. The van der Waals surface area contributed by atoms with E-state index in [0.717, 1.165) is 62.4 Å². The van der Waals surface area contributed by atoms with Crippen molar-refractivity contribution in [3.8, 4) is 0 Å². The monoisotopic (exact) mass is 365 g/mol. The third-order valence-corrected chi connectivity index (χ3v) is 5.84. The van der Waals surface area contributed by atoms with Crippen LogP contribution in [-0.4, -0.2) is 21.7 Å². The van der Waals surface area contributed by atoms with Crippen LogP contribution in [0.5, 0.6) is 0 Å². The summed E-state index contributed by atoms with van der Waals surface area (Å²) in [6.07, 6.45) is 6.53. The Morgan fingerprint density at radius 1 is 1.35 bits per heavy atom. The molecule has 0 atom stereocenters. The topological polar surface area (TPSA) is 74.6 Å². The molecule has 2 N–H and O–H groups in total. The molecule has 2 aromatic heterocycles. The molecule has 2 heterocycles. The highest BCUT2D eigenvalue weighted by atomic mass is 32.1. The number of anilines is 2. The first kappa shape index (κ1) is 16.7. The fourth-order valence-electron chi connectivity index (χ4n) is 3.41. The van der Waals surface area contributed by atoms with Gasteiger partial charge in [-0.2, -0.15) is 0 Å². The van der Waals surface area contributed by atoms with Gasteiger partial charge in [-0.15, -0.1) is 11.3 Å². The van der Waals surface area contributed by atoms with Gasteiger partial charge < -0.3 is 10.5 Å². The van der Waals surface area contributed by atoms with E-state index >= 15 is 0 Å². The minimum Gasteiger partial charge on any atom is -0.411 e. The molecule has 1 aromatic carbocycles. The van der Waals surface area contributed by atoms with Crippen molar-refractivity contribution in [3.05, 3.63) is 52.7 Å². The number of aromatic nitrogens is 1. The largest absolute Gasteiger partial charge is 0.411 e. The van der Waals surface area contributed by atoms with E-state index in [1.54, 1.807) is 12.4 Å². The Labute approximate surface area is 155 Å². The fourth-order valence-corrected chi connectivity index (χ4v) is 4.50. The molecular weight excluding hydrogens is 346 g/mol. The van der Waals surface area contributed by atoms with Crippen LogP contribution in [0.4, 0.5) is 11.4 Å². The maximum absolute atomic E-state index is 12.6. The zero-order chi connectivity index (χ0) is 18.1. The molecule has 0 spiro atoms. The number of aryl methyl sites for hydroxylation is 1. The highest BCUT2D eigenvalue weighted by molar-refractivity contribution is 7.21. The van der Waals surface area contributed by atoms with Gasteiger partial charge in [0.1, 0.15) is 0 Å². The Balaban J connectivity index is 1.75. The molecule has 0 amide bonds. The molecule has 5 nitrogen and oxygen atoms in total. The second-order valence-electron chi connectivity index (χ2n) is 6.39. The van der Waals surface area contributed by atoms with Crippen LogP contribution in [0.3, 0.4) is 0 Å². The van der Waals surface area contributed by atoms with E-state index < -0.39 is 0 Å². The zero-order valence-corrected chi connectivity index (χ0v) is 15.3. The van der Waals surface area contributed by atoms with E-state index in [4.69, 9.17) is 5.21 Å². The molecule has 6 heteroatoms. The molecule has 0 unspecified atom stereocenters. The van der Waals surface area contributed by atoms with Crippen molar-refractivity contribution in [2.75, 3.05) is 5.32 Å². The van der Waals surface area contributed by atoms with E-state index in [0.29, 0.717) is 6.42 Å². The van der Waals surface area contributed by atoms with Crippen LogP contribution in [0.1, 0.15) is 47.0 Å². The minimum atomic E-state index is 0.159. The molecule has 3 aromatic rings. The maximum atomic E-state index is 12.6. The third kappa shape index (κ3) is 2.86. The van der Waals surface area contributed by atoms with Gasteiger partial charge in [-0.25, -0.2) is 0 Å². The van der Waals surface area contributed by atoms with Gasteiger partial charge in [-0.3, -0.25) is 9.78 Å². The minimum absolute atomic E-state index is 0.159. The summed E-state index contributed by atoms with van der Waals surface area (Å²) in [5.41, 5.74) is 4.69. The molecule has 1 aliphatic rings. The number of carbonyl (C=O) groups excluding carboxylic acids is 1. The quantitative estimate of drug-likeness (QED) is 0.373. The number of rotatable bonds is 5. The normalized spacial score (nSPS) is 14.7. The number of nitrogens with zero attached hydrogens (tertiary/aromatic N) is 2. The van der Waals surface area contributed by atoms with Crippen LogP contribution in [-0.2, 0) is 6.42 Å². The van der Waals surface area contributed by atoms with E-state index in [1.165, 1.54) is 11.3 Å². The van der Waals surface area contributed by atoms with Crippen LogP contribution in [0, 0.1) is 0 Å². The number of nitrogens with one attached hydrogen (secondary N) is 1. The van der Waals surface area contributed by atoms with Gasteiger partial charge in [-0.1, -0.05) is 18.1 Å². The predicted molar refractivity (Wildman–Crippen MR) is 105 cm³/mol. The Kier molecular flexibility index (Phi) is 4.42. The van der Waals surface area contributed by atoms with Gasteiger partial charge in [0.2, 0.25) is 0 Å². The van der Waals surface area contributed by atoms with Gasteiger partial charge in [0.15, 0.2) is 5.78 Å². The Morgan fingerprint density at radius 3 is 3.04 bits per heavy atom. The van der Waals surface area contributed by atoms with Gasteiger partial charge >= 0.3 is 0 Å². The van der Waals surface area contributed by atoms with Crippen LogP contribution in [0.2, 0.25) is 0 Å². The first-order valence-corrected chi connectivity index (χ1v) is 9.54. The molecule has 0 radical (unpaired) electrons. The van der Waals surface area contributed by atoms with E-state index in [1.807, 2.05) is 25.1 Å². The lowest BCUT2D eigenvalue weighted by atomic mass is 10.1. The molecule has 0 bridgehead atoms. The molecular formula is C20H19N3O2S. The summed E-state index contributed by atoms with van der Waals surface area (Å²) >= 11 is 1.49. The standard InChI is InChI=1S/C20H19N3O2S/c1-2-3-17(24)20-19(15-8-9-21-11-18(15)26-20)22-13-5-6-14-12(10-13)4-7-16(14)23-25/h5-6,8-11,22,25H,2-4,7H2,1H3/b23-16+. The lowest BCUT2D eigenvalue weighted by Crippen LogP contribution is -2.01. The fraction of sp³-hybridized carbons (Fsp3) is 0.250. The number of fused-ring (bicyclic) bond motifs is 2. The second-order valence-corrected chi connectivity index (χ2v) is 7.45. The zero-order valence-electron chi connectivity index (χ0n) is 14.5. The van der Waals surface area contributed by atoms with E-state index in [9.17, 15) is 4.79 Å². The third-order valence-electron chi connectivity index (χ3n) is 4.66. The van der Waals surface area contributed by atoms with Crippen molar-refractivity contribution in [3.63, 3.8) is 0 Å². The molecule has 4 rings (SSSR count). The van der Waals surface area contributed by atoms with Gasteiger partial charge in [0.05, 0.1) is 21.0 Å². The summed E-state index contributed by atoms with van der Waals surface area (Å²) in [5.74, 6) is 0.159. The summed E-state index contributed by atoms with van der Waals surface area (Å²) in [7, 11) is 0. The lowest BCUT2D eigenvalue weighted by Gasteiger charge is -2.10. The predicted octanol–water partition coefficient (Wildman–Crippen LogP) is 5.15. The number of ketones is 1. The summed E-state index contributed by atoms with van der Waals surface area (Å²) in [4.78, 5) is 17.5. The number of oxime groups is 1. The van der Waals surface area contributed by atoms with Crippen LogP contribution >= 0.6 is 11.3 Å². The first-order chi connectivity index (χ1) is 12.7. The number of carbonyl (C=O) groups is 1. The van der Waals surface area contributed by atoms with Crippen molar-refractivity contribution in [2.24, 2.45) is 5.16 Å². The molecule has 0 saturated heterocycles. The molecule has 0 saturated carbocycles. The second kappa shape index (κ2) is 6.88. The Hall–Kier alpha value is -2.73. The van der Waals surface area contributed by atoms with Gasteiger partial charge in [0, 0.05) is 35.5 Å². The van der Waals surface area contributed by atoms with Crippen LogP contribution in [0.15, 0.2) is 41.8 Å². The number of thiophene rings is 1. The van der Waals surface area contributed by atoms with Crippen molar-refractivity contribution < 1.29 is 10.0 Å². The average molecular weight is 365 g/mol. The number of pyridine rings is 1. The lowest BCUT2D eigenvalue weighted by molar-refractivity contribution is 0.0986.